The normalized spacial score (nSPS) is 12.5. The van der Waals surface area contributed by atoms with Gasteiger partial charge in [0.15, 0.2) is 0 Å². The van der Waals surface area contributed by atoms with E-state index in [0.717, 1.165) is 22.8 Å². The maximum Gasteiger partial charge on any atom is 0.0897 e. The quantitative estimate of drug-likeness (QED) is 0.787. The first kappa shape index (κ1) is 14.0. The monoisotopic (exact) mass is 298 g/mol. The van der Waals surface area contributed by atoms with E-state index in [1.54, 1.807) is 11.3 Å². The summed E-state index contributed by atoms with van der Waals surface area (Å²) in [6.45, 7) is 2.04. The number of thiazole rings is 1. The Morgan fingerprint density at radius 1 is 1.29 bits per heavy atom. The molecule has 1 N–H and O–H groups in total. The number of aryl methyl sites for hydroxylation is 1. The van der Waals surface area contributed by atoms with Crippen LogP contribution < -0.4 is 5.32 Å². The van der Waals surface area contributed by atoms with Crippen LogP contribution in [0.3, 0.4) is 0 Å². The van der Waals surface area contributed by atoms with Gasteiger partial charge in [0, 0.05) is 29.6 Å². The maximum absolute atomic E-state index is 4.54. The summed E-state index contributed by atoms with van der Waals surface area (Å²) in [5.74, 6) is 0. The molecular formula is C16H18N4S. The van der Waals surface area contributed by atoms with Crippen molar-refractivity contribution in [2.24, 2.45) is 0 Å². The Hall–Kier alpha value is -1.98. The van der Waals surface area contributed by atoms with E-state index in [9.17, 15) is 0 Å². The summed E-state index contributed by atoms with van der Waals surface area (Å²) < 4.78 is 1.91. The smallest absolute Gasteiger partial charge is 0.0897 e. The molecule has 2 heterocycles. The number of rotatable bonds is 5. The molecule has 3 rings (SSSR count). The molecule has 0 amide bonds. The number of nitrogens with one attached hydrogen (secondary N) is 1. The third kappa shape index (κ3) is 3.20. The molecule has 0 aliphatic rings. The summed E-state index contributed by atoms with van der Waals surface area (Å²) in [5.41, 5.74) is 3.37. The molecule has 0 fully saturated rings. The molecule has 0 spiro atoms. The summed E-state index contributed by atoms with van der Waals surface area (Å²) in [7, 11) is 1.98. The number of nitrogens with zero attached hydrogens (tertiary/aromatic N) is 3. The van der Waals surface area contributed by atoms with Crippen molar-refractivity contribution < 1.29 is 0 Å². The van der Waals surface area contributed by atoms with Crippen molar-refractivity contribution in [3.63, 3.8) is 0 Å². The molecule has 1 atom stereocenters. The van der Waals surface area contributed by atoms with Gasteiger partial charge < -0.3 is 5.32 Å². The summed E-state index contributed by atoms with van der Waals surface area (Å²) >= 11 is 1.69. The third-order valence-electron chi connectivity index (χ3n) is 3.45. The lowest BCUT2D eigenvalue weighted by Crippen LogP contribution is -2.18. The summed E-state index contributed by atoms with van der Waals surface area (Å²) in [6.07, 6.45) is 4.88. The molecule has 0 saturated heterocycles. The minimum atomic E-state index is 0.226. The molecule has 3 aromatic rings. The maximum atomic E-state index is 4.54. The lowest BCUT2D eigenvalue weighted by molar-refractivity contribution is 0.585. The van der Waals surface area contributed by atoms with Gasteiger partial charge in [0.25, 0.3) is 0 Å². The number of aromatic nitrogens is 3. The molecule has 21 heavy (non-hydrogen) atoms. The van der Waals surface area contributed by atoms with Crippen molar-refractivity contribution >= 4 is 11.3 Å². The first-order valence-corrected chi connectivity index (χ1v) is 7.82. The van der Waals surface area contributed by atoms with Gasteiger partial charge in [-0.1, -0.05) is 18.2 Å². The second-order valence-electron chi connectivity index (χ2n) is 4.96. The highest BCUT2D eigenvalue weighted by molar-refractivity contribution is 7.09. The van der Waals surface area contributed by atoms with Gasteiger partial charge >= 0.3 is 0 Å². The Bertz CT molecular complexity index is 702. The van der Waals surface area contributed by atoms with E-state index in [1.165, 1.54) is 5.56 Å². The minimum Gasteiger partial charge on any atom is -0.313 e. The van der Waals surface area contributed by atoms with Crippen LogP contribution in [0.1, 0.15) is 22.3 Å². The second kappa shape index (κ2) is 6.20. The minimum absolute atomic E-state index is 0.226. The first-order chi connectivity index (χ1) is 10.3. The van der Waals surface area contributed by atoms with Crippen LogP contribution in [-0.2, 0) is 6.42 Å². The van der Waals surface area contributed by atoms with E-state index in [-0.39, 0.29) is 6.04 Å². The van der Waals surface area contributed by atoms with Crippen LogP contribution in [0.15, 0.2) is 48.1 Å². The zero-order valence-electron chi connectivity index (χ0n) is 12.2. The Labute approximate surface area is 128 Å². The van der Waals surface area contributed by atoms with Gasteiger partial charge in [-0.15, -0.1) is 11.3 Å². The predicted molar refractivity (Wildman–Crippen MR) is 85.9 cm³/mol. The van der Waals surface area contributed by atoms with Gasteiger partial charge in [-0.05, 0) is 26.1 Å². The summed E-state index contributed by atoms with van der Waals surface area (Å²) in [6, 6.07) is 10.4. The Balaban J connectivity index is 1.80. The van der Waals surface area contributed by atoms with E-state index in [0.29, 0.717) is 0 Å². The van der Waals surface area contributed by atoms with Crippen molar-refractivity contribution in [1.29, 1.82) is 0 Å². The molecule has 108 valence electrons. The van der Waals surface area contributed by atoms with E-state index in [4.69, 9.17) is 0 Å². The molecule has 5 heteroatoms. The van der Waals surface area contributed by atoms with Crippen LogP contribution in [0.5, 0.6) is 0 Å². The predicted octanol–water partition coefficient (Wildman–Crippen LogP) is 3.14. The highest BCUT2D eigenvalue weighted by Crippen LogP contribution is 2.20. The van der Waals surface area contributed by atoms with E-state index >= 15 is 0 Å². The number of likely N-dealkylation sites (N-methyl/N-ethyl adjacent to an activating group) is 1. The van der Waals surface area contributed by atoms with Gasteiger partial charge in [-0.3, -0.25) is 0 Å². The number of hydrogen-bond acceptors (Lipinski definition) is 4. The Kier molecular flexibility index (Phi) is 4.13. The first-order valence-electron chi connectivity index (χ1n) is 6.94. The SMILES string of the molecule is CNC(Cc1csc(C)n1)c1cnn(-c2ccccc2)c1. The van der Waals surface area contributed by atoms with Crippen LogP contribution in [-0.4, -0.2) is 21.8 Å². The van der Waals surface area contributed by atoms with Gasteiger partial charge in [0.2, 0.25) is 0 Å². The van der Waals surface area contributed by atoms with Crippen LogP contribution in [0, 0.1) is 6.92 Å². The fourth-order valence-corrected chi connectivity index (χ4v) is 2.96. The number of para-hydroxylation sites is 1. The molecular weight excluding hydrogens is 280 g/mol. The van der Waals surface area contributed by atoms with E-state index in [1.807, 2.05) is 43.0 Å². The third-order valence-corrected chi connectivity index (χ3v) is 4.28. The van der Waals surface area contributed by atoms with Crippen molar-refractivity contribution in [1.82, 2.24) is 20.1 Å². The number of benzene rings is 1. The fraction of sp³-hybridized carbons (Fsp3) is 0.250. The highest BCUT2D eigenvalue weighted by Gasteiger charge is 2.14. The molecule has 0 saturated carbocycles. The lowest BCUT2D eigenvalue weighted by atomic mass is 10.1. The molecule has 4 nitrogen and oxygen atoms in total. The van der Waals surface area contributed by atoms with E-state index < -0.39 is 0 Å². The average molecular weight is 298 g/mol. The zero-order valence-corrected chi connectivity index (χ0v) is 13.0. The zero-order chi connectivity index (χ0) is 14.7. The number of hydrogen-bond donors (Lipinski definition) is 1. The van der Waals surface area contributed by atoms with Crippen molar-refractivity contribution in [2.45, 2.75) is 19.4 Å². The fourth-order valence-electron chi connectivity index (χ4n) is 2.34. The lowest BCUT2D eigenvalue weighted by Gasteiger charge is -2.12. The molecule has 0 aliphatic carbocycles. The van der Waals surface area contributed by atoms with Crippen LogP contribution >= 0.6 is 11.3 Å². The van der Waals surface area contributed by atoms with Gasteiger partial charge in [-0.2, -0.15) is 5.10 Å². The summed E-state index contributed by atoms with van der Waals surface area (Å²) in [5, 5.41) is 11.1. The van der Waals surface area contributed by atoms with Crippen molar-refractivity contribution in [3.8, 4) is 5.69 Å². The Morgan fingerprint density at radius 3 is 2.76 bits per heavy atom. The van der Waals surface area contributed by atoms with Gasteiger partial charge in [-0.25, -0.2) is 9.67 Å². The average Bonchev–Trinajstić information content (AvgIpc) is 3.15. The largest absolute Gasteiger partial charge is 0.313 e. The van der Waals surface area contributed by atoms with Crippen LogP contribution in [0.4, 0.5) is 0 Å². The summed E-state index contributed by atoms with van der Waals surface area (Å²) in [4.78, 5) is 4.54. The molecule has 1 aromatic carbocycles. The molecule has 1 unspecified atom stereocenters. The van der Waals surface area contributed by atoms with Crippen LogP contribution in [0.25, 0.3) is 5.69 Å². The molecule has 0 radical (unpaired) electrons. The van der Waals surface area contributed by atoms with Gasteiger partial charge in [0.05, 0.1) is 22.6 Å². The van der Waals surface area contributed by atoms with E-state index in [2.05, 4.69) is 39.1 Å². The molecule has 2 aromatic heterocycles. The Morgan fingerprint density at radius 2 is 2.10 bits per heavy atom. The van der Waals surface area contributed by atoms with Crippen LogP contribution in [0.2, 0.25) is 0 Å². The highest BCUT2D eigenvalue weighted by atomic mass is 32.1. The molecule has 0 aliphatic heterocycles. The molecule has 0 bridgehead atoms. The van der Waals surface area contributed by atoms with Crippen molar-refractivity contribution in [2.75, 3.05) is 7.05 Å². The van der Waals surface area contributed by atoms with Crippen molar-refractivity contribution in [3.05, 3.63) is 64.4 Å². The topological polar surface area (TPSA) is 42.7 Å². The second-order valence-corrected chi connectivity index (χ2v) is 6.02. The van der Waals surface area contributed by atoms with Gasteiger partial charge in [0.1, 0.15) is 0 Å². The standard InChI is InChI=1S/C16H18N4S/c1-12-19-14(11-21-12)8-16(17-2)13-9-18-20(10-13)15-6-4-3-5-7-15/h3-7,9-11,16-17H,8H2,1-2H3.